The summed E-state index contributed by atoms with van der Waals surface area (Å²) in [5.74, 6) is 2.94. The lowest BCUT2D eigenvalue weighted by Crippen LogP contribution is -2.46. The molecule has 2 aromatic rings. The number of halogens is 2. The number of aromatic nitrogens is 3. The lowest BCUT2D eigenvalue weighted by atomic mass is 10.3. The molecule has 3 heterocycles. The van der Waals surface area contributed by atoms with Crippen LogP contribution in [0.15, 0.2) is 22.9 Å². The zero-order valence-electron chi connectivity index (χ0n) is 13.4. The summed E-state index contributed by atoms with van der Waals surface area (Å²) in [5.41, 5.74) is 5.47. The predicted molar refractivity (Wildman–Crippen MR) is 95.0 cm³/mol. The Hall–Kier alpha value is -1.61. The van der Waals surface area contributed by atoms with Crippen molar-refractivity contribution in [2.75, 3.05) is 38.2 Å². The van der Waals surface area contributed by atoms with Crippen LogP contribution in [0.3, 0.4) is 0 Å². The van der Waals surface area contributed by atoms with Gasteiger partial charge in [0.05, 0.1) is 20.2 Å². The van der Waals surface area contributed by atoms with Gasteiger partial charge in [-0.1, -0.05) is 5.16 Å². The van der Waals surface area contributed by atoms with Gasteiger partial charge in [-0.2, -0.15) is 4.98 Å². The second-order valence-corrected chi connectivity index (χ2v) is 5.13. The summed E-state index contributed by atoms with van der Waals surface area (Å²) in [4.78, 5) is 13.2. The summed E-state index contributed by atoms with van der Waals surface area (Å²) in [6.45, 7) is 4.62. The molecule has 10 heteroatoms. The summed E-state index contributed by atoms with van der Waals surface area (Å²) >= 11 is 0. The quantitative estimate of drug-likeness (QED) is 0.828. The molecule has 134 valence electrons. The van der Waals surface area contributed by atoms with Crippen molar-refractivity contribution >= 4 is 30.6 Å². The molecule has 0 aliphatic carbocycles. The topological polar surface area (TPSA) is 93.5 Å². The van der Waals surface area contributed by atoms with E-state index in [1.165, 1.54) is 0 Å². The Morgan fingerprint density at radius 2 is 2.00 bits per heavy atom. The summed E-state index contributed by atoms with van der Waals surface area (Å²) in [6, 6.07) is 3.81. The molecule has 2 aromatic heterocycles. The molecule has 0 radical (unpaired) electrons. The van der Waals surface area contributed by atoms with Crippen LogP contribution in [0.1, 0.15) is 11.7 Å². The van der Waals surface area contributed by atoms with Gasteiger partial charge in [0.15, 0.2) is 5.82 Å². The van der Waals surface area contributed by atoms with E-state index in [0.29, 0.717) is 18.3 Å². The average Bonchev–Trinajstić information content (AvgIpc) is 3.03. The van der Waals surface area contributed by atoms with Crippen LogP contribution in [0, 0.1) is 0 Å². The van der Waals surface area contributed by atoms with Crippen LogP contribution in [0.5, 0.6) is 5.75 Å². The zero-order valence-corrected chi connectivity index (χ0v) is 15.1. The average molecular weight is 377 g/mol. The summed E-state index contributed by atoms with van der Waals surface area (Å²) in [6.07, 6.45) is 1.77. The fraction of sp³-hybridized carbons (Fsp3) is 0.500. The van der Waals surface area contributed by atoms with Gasteiger partial charge in [-0.3, -0.25) is 4.90 Å². The highest BCUT2D eigenvalue weighted by atomic mass is 35.5. The number of methoxy groups -OCH3 is 1. The molecule has 24 heavy (non-hydrogen) atoms. The van der Waals surface area contributed by atoms with Crippen molar-refractivity contribution in [3.63, 3.8) is 0 Å². The molecule has 0 aromatic carbocycles. The van der Waals surface area contributed by atoms with Crippen molar-refractivity contribution in [3.8, 4) is 5.75 Å². The van der Waals surface area contributed by atoms with Gasteiger partial charge in [0.25, 0.3) is 0 Å². The van der Waals surface area contributed by atoms with Crippen LogP contribution in [0.25, 0.3) is 0 Å². The molecule has 0 atom stereocenters. The van der Waals surface area contributed by atoms with E-state index in [-0.39, 0.29) is 31.4 Å². The van der Waals surface area contributed by atoms with Gasteiger partial charge in [0.2, 0.25) is 5.89 Å². The predicted octanol–water partition coefficient (Wildman–Crippen LogP) is 1.10. The molecular weight excluding hydrogens is 355 g/mol. The smallest absolute Gasteiger partial charge is 0.240 e. The van der Waals surface area contributed by atoms with Gasteiger partial charge < -0.3 is 19.9 Å². The molecular formula is C14H22Cl2N6O2. The third kappa shape index (κ3) is 4.94. The van der Waals surface area contributed by atoms with E-state index < -0.39 is 0 Å². The van der Waals surface area contributed by atoms with Crippen molar-refractivity contribution in [2.24, 2.45) is 5.73 Å². The summed E-state index contributed by atoms with van der Waals surface area (Å²) < 4.78 is 10.3. The van der Waals surface area contributed by atoms with E-state index in [1.807, 2.05) is 12.1 Å². The molecule has 2 N–H and O–H groups in total. The first-order valence-corrected chi connectivity index (χ1v) is 7.27. The van der Waals surface area contributed by atoms with Gasteiger partial charge in [-0.05, 0) is 6.07 Å². The molecule has 0 amide bonds. The maximum atomic E-state index is 5.47. The van der Waals surface area contributed by atoms with E-state index in [0.717, 1.165) is 37.7 Å². The second kappa shape index (κ2) is 9.63. The molecule has 1 aliphatic rings. The lowest BCUT2D eigenvalue weighted by molar-refractivity contribution is 0.239. The monoisotopic (exact) mass is 376 g/mol. The fourth-order valence-corrected chi connectivity index (χ4v) is 2.47. The molecule has 3 rings (SSSR count). The number of anilines is 1. The Kier molecular flexibility index (Phi) is 8.20. The van der Waals surface area contributed by atoms with Crippen molar-refractivity contribution in [2.45, 2.75) is 13.1 Å². The minimum atomic E-state index is 0. The number of piperazine rings is 1. The van der Waals surface area contributed by atoms with Crippen LogP contribution >= 0.6 is 24.8 Å². The third-order valence-corrected chi connectivity index (χ3v) is 3.70. The minimum absolute atomic E-state index is 0. The van der Waals surface area contributed by atoms with Crippen LogP contribution in [-0.4, -0.2) is 53.3 Å². The van der Waals surface area contributed by atoms with E-state index in [4.69, 9.17) is 15.0 Å². The first-order valence-electron chi connectivity index (χ1n) is 7.27. The molecule has 0 bridgehead atoms. The van der Waals surface area contributed by atoms with Crippen molar-refractivity contribution in [3.05, 3.63) is 30.0 Å². The summed E-state index contributed by atoms with van der Waals surface area (Å²) in [5, 5.41) is 3.93. The van der Waals surface area contributed by atoms with Gasteiger partial charge in [-0.25, -0.2) is 4.98 Å². The minimum Gasteiger partial charge on any atom is -0.497 e. The van der Waals surface area contributed by atoms with E-state index in [1.54, 1.807) is 13.3 Å². The number of hydrogen-bond donors (Lipinski definition) is 1. The van der Waals surface area contributed by atoms with E-state index in [2.05, 4.69) is 24.9 Å². The number of nitrogens with two attached hydrogens (primary N) is 1. The molecule has 1 aliphatic heterocycles. The van der Waals surface area contributed by atoms with Crippen molar-refractivity contribution < 1.29 is 9.26 Å². The van der Waals surface area contributed by atoms with Crippen LogP contribution in [-0.2, 0) is 13.1 Å². The van der Waals surface area contributed by atoms with Gasteiger partial charge in [0.1, 0.15) is 11.6 Å². The van der Waals surface area contributed by atoms with Crippen molar-refractivity contribution in [1.29, 1.82) is 0 Å². The maximum Gasteiger partial charge on any atom is 0.240 e. The van der Waals surface area contributed by atoms with Crippen LogP contribution < -0.4 is 15.4 Å². The summed E-state index contributed by atoms with van der Waals surface area (Å²) in [7, 11) is 1.66. The zero-order chi connectivity index (χ0) is 15.4. The molecule has 0 unspecified atom stereocenters. The van der Waals surface area contributed by atoms with Crippen molar-refractivity contribution in [1.82, 2.24) is 20.0 Å². The molecule has 0 spiro atoms. The normalized spacial score (nSPS) is 14.7. The van der Waals surface area contributed by atoms with Gasteiger partial charge in [0, 0.05) is 38.4 Å². The molecule has 1 saturated heterocycles. The lowest BCUT2D eigenvalue weighted by Gasteiger charge is -2.34. The SMILES string of the molecule is COc1ccnc(N2CCN(Cc3noc(CN)n3)CC2)c1.Cl.Cl. The van der Waals surface area contributed by atoms with E-state index in [9.17, 15) is 0 Å². The van der Waals surface area contributed by atoms with Gasteiger partial charge in [-0.15, -0.1) is 24.8 Å². The number of nitrogens with zero attached hydrogens (tertiary/aromatic N) is 5. The number of ether oxygens (including phenoxy) is 1. The fourth-order valence-electron chi connectivity index (χ4n) is 2.47. The highest BCUT2D eigenvalue weighted by molar-refractivity contribution is 5.85. The maximum absolute atomic E-state index is 5.47. The Bertz CT molecular complexity index is 619. The largest absolute Gasteiger partial charge is 0.497 e. The van der Waals surface area contributed by atoms with E-state index >= 15 is 0 Å². The molecule has 8 nitrogen and oxygen atoms in total. The number of rotatable bonds is 5. The second-order valence-electron chi connectivity index (χ2n) is 5.13. The molecule has 0 saturated carbocycles. The van der Waals surface area contributed by atoms with Crippen LogP contribution in [0.4, 0.5) is 5.82 Å². The third-order valence-electron chi connectivity index (χ3n) is 3.70. The highest BCUT2D eigenvalue weighted by Crippen LogP contribution is 2.19. The Balaban J connectivity index is 0.00000144. The van der Waals surface area contributed by atoms with Crippen LogP contribution in [0.2, 0.25) is 0 Å². The van der Waals surface area contributed by atoms with Gasteiger partial charge >= 0.3 is 0 Å². The Morgan fingerprint density at radius 3 is 2.62 bits per heavy atom. The number of hydrogen-bond acceptors (Lipinski definition) is 8. The standard InChI is InChI=1S/C14H20N6O2.2ClH/c1-21-11-2-3-16-13(8-11)20-6-4-19(5-7-20)10-12-17-14(9-15)22-18-12;;/h2-3,8H,4-7,9-10,15H2,1H3;2*1H. The highest BCUT2D eigenvalue weighted by Gasteiger charge is 2.20. The first kappa shape index (κ1) is 20.4. The number of pyridine rings is 1. The first-order chi connectivity index (χ1) is 10.8. The molecule has 1 fully saturated rings. The Morgan fingerprint density at radius 1 is 1.25 bits per heavy atom. The Labute approximate surface area is 153 Å².